The maximum absolute atomic E-state index is 11.9. The third-order valence-electron chi connectivity index (χ3n) is 2.81. The Morgan fingerprint density at radius 2 is 2.05 bits per heavy atom. The highest BCUT2D eigenvalue weighted by atomic mass is 35.5. The van der Waals surface area contributed by atoms with Crippen molar-refractivity contribution >= 4 is 46.4 Å². The molecule has 1 amide bonds. The molecule has 1 N–H and O–H groups in total. The molecule has 1 atom stereocenters. The van der Waals surface area contributed by atoms with E-state index in [0.29, 0.717) is 14.9 Å². The minimum atomic E-state index is -0.739. The van der Waals surface area contributed by atoms with Crippen LogP contribution in [0.1, 0.15) is 22.2 Å². The SMILES string of the molecule is CC(NC(=O)c1cccs1)C(=O)OCc1ccc(Cl)c(Cl)c1. The Bertz CT molecular complexity index is 673. The lowest BCUT2D eigenvalue weighted by atomic mass is 10.2. The van der Waals surface area contributed by atoms with Crippen LogP contribution < -0.4 is 5.32 Å². The molecule has 1 aromatic carbocycles. The molecule has 2 rings (SSSR count). The number of hydrogen-bond acceptors (Lipinski definition) is 4. The van der Waals surface area contributed by atoms with Gasteiger partial charge in [-0.1, -0.05) is 35.3 Å². The number of benzene rings is 1. The fourth-order valence-electron chi connectivity index (χ4n) is 1.64. The molecule has 0 aliphatic heterocycles. The summed E-state index contributed by atoms with van der Waals surface area (Å²) in [7, 11) is 0. The minimum absolute atomic E-state index is 0.0644. The molecule has 0 aliphatic carbocycles. The predicted molar refractivity (Wildman–Crippen MR) is 87.5 cm³/mol. The first-order valence-electron chi connectivity index (χ1n) is 6.42. The van der Waals surface area contributed by atoms with E-state index in [1.165, 1.54) is 11.3 Å². The van der Waals surface area contributed by atoms with Gasteiger partial charge in [0.15, 0.2) is 0 Å². The second kappa shape index (κ2) is 7.63. The molecule has 0 spiro atoms. The number of hydrogen-bond donors (Lipinski definition) is 1. The van der Waals surface area contributed by atoms with Gasteiger partial charge in [0.05, 0.1) is 14.9 Å². The van der Waals surface area contributed by atoms with E-state index >= 15 is 0 Å². The molecule has 116 valence electrons. The summed E-state index contributed by atoms with van der Waals surface area (Å²) in [6, 6.07) is 7.70. The first-order valence-corrected chi connectivity index (χ1v) is 8.06. The lowest BCUT2D eigenvalue weighted by molar-refractivity contribution is -0.146. The molecule has 0 saturated carbocycles. The maximum atomic E-state index is 11.9. The standard InChI is InChI=1S/C15H13Cl2NO3S/c1-9(18-14(19)13-3-2-6-22-13)15(20)21-8-10-4-5-11(16)12(17)7-10/h2-7,9H,8H2,1H3,(H,18,19). The van der Waals surface area contributed by atoms with Crippen LogP contribution in [0.3, 0.4) is 0 Å². The average molecular weight is 358 g/mol. The summed E-state index contributed by atoms with van der Waals surface area (Å²) in [6.45, 7) is 1.64. The van der Waals surface area contributed by atoms with Crippen LogP contribution in [0.15, 0.2) is 35.7 Å². The van der Waals surface area contributed by atoms with Crippen molar-refractivity contribution in [1.82, 2.24) is 5.32 Å². The van der Waals surface area contributed by atoms with E-state index in [9.17, 15) is 9.59 Å². The first-order chi connectivity index (χ1) is 10.5. The largest absolute Gasteiger partial charge is 0.459 e. The highest BCUT2D eigenvalue weighted by Crippen LogP contribution is 2.22. The van der Waals surface area contributed by atoms with Crippen molar-refractivity contribution in [2.75, 3.05) is 0 Å². The Morgan fingerprint density at radius 1 is 1.27 bits per heavy atom. The number of esters is 1. The van der Waals surface area contributed by atoms with Crippen LogP contribution in [-0.2, 0) is 16.1 Å². The average Bonchev–Trinajstić information content (AvgIpc) is 3.02. The molecule has 0 aliphatic rings. The van der Waals surface area contributed by atoms with Gasteiger partial charge in [0.2, 0.25) is 0 Å². The molecule has 0 radical (unpaired) electrons. The van der Waals surface area contributed by atoms with Crippen LogP contribution in [0.5, 0.6) is 0 Å². The van der Waals surface area contributed by atoms with Crippen molar-refractivity contribution in [3.8, 4) is 0 Å². The zero-order chi connectivity index (χ0) is 16.1. The number of carbonyl (C=O) groups excluding carboxylic acids is 2. The van der Waals surface area contributed by atoms with Crippen molar-refractivity contribution in [3.05, 3.63) is 56.2 Å². The van der Waals surface area contributed by atoms with Gasteiger partial charge in [0.1, 0.15) is 12.6 Å². The molecule has 1 aromatic heterocycles. The molecule has 2 aromatic rings. The van der Waals surface area contributed by atoms with E-state index in [1.54, 1.807) is 42.6 Å². The molecule has 1 heterocycles. The maximum Gasteiger partial charge on any atom is 0.328 e. The van der Waals surface area contributed by atoms with E-state index in [0.717, 1.165) is 5.56 Å². The molecule has 0 fully saturated rings. The van der Waals surface area contributed by atoms with Crippen molar-refractivity contribution in [2.45, 2.75) is 19.6 Å². The lowest BCUT2D eigenvalue weighted by Crippen LogP contribution is -2.39. The monoisotopic (exact) mass is 357 g/mol. The van der Waals surface area contributed by atoms with Crippen molar-refractivity contribution in [1.29, 1.82) is 0 Å². The third kappa shape index (κ3) is 4.47. The fourth-order valence-corrected chi connectivity index (χ4v) is 2.59. The number of ether oxygens (including phenoxy) is 1. The van der Waals surface area contributed by atoms with Crippen molar-refractivity contribution in [2.24, 2.45) is 0 Å². The predicted octanol–water partition coefficient (Wildman–Crippen LogP) is 3.92. The number of carbonyl (C=O) groups is 2. The first kappa shape index (κ1) is 16.8. The topological polar surface area (TPSA) is 55.4 Å². The van der Waals surface area contributed by atoms with Gasteiger partial charge < -0.3 is 10.1 Å². The van der Waals surface area contributed by atoms with E-state index in [-0.39, 0.29) is 12.5 Å². The minimum Gasteiger partial charge on any atom is -0.459 e. The summed E-state index contributed by atoms with van der Waals surface area (Å²) in [5.74, 6) is -0.815. The summed E-state index contributed by atoms with van der Waals surface area (Å²) in [5, 5.41) is 5.22. The molecular formula is C15H13Cl2NO3S. The van der Waals surface area contributed by atoms with E-state index < -0.39 is 12.0 Å². The van der Waals surface area contributed by atoms with Gasteiger partial charge >= 0.3 is 5.97 Å². The molecule has 4 nitrogen and oxygen atoms in total. The van der Waals surface area contributed by atoms with Crippen LogP contribution in [0.4, 0.5) is 0 Å². The molecule has 0 saturated heterocycles. The number of halogens is 2. The Labute approximate surface area is 142 Å². The quantitative estimate of drug-likeness (QED) is 0.825. The van der Waals surface area contributed by atoms with Gasteiger partial charge in [0.25, 0.3) is 5.91 Å². The number of thiophene rings is 1. The molecule has 0 bridgehead atoms. The van der Waals surface area contributed by atoms with Gasteiger partial charge in [-0.15, -0.1) is 11.3 Å². The van der Waals surface area contributed by atoms with E-state index in [1.807, 2.05) is 0 Å². The molecular weight excluding hydrogens is 345 g/mol. The fraction of sp³-hybridized carbons (Fsp3) is 0.200. The zero-order valence-corrected chi connectivity index (χ0v) is 14.0. The summed E-state index contributed by atoms with van der Waals surface area (Å²) in [6.07, 6.45) is 0. The molecule has 1 unspecified atom stereocenters. The van der Waals surface area contributed by atoms with Crippen molar-refractivity contribution < 1.29 is 14.3 Å². The second-order valence-electron chi connectivity index (χ2n) is 4.53. The smallest absolute Gasteiger partial charge is 0.328 e. The van der Waals surface area contributed by atoms with Crippen LogP contribution in [0, 0.1) is 0 Å². The van der Waals surface area contributed by atoms with Gasteiger partial charge in [-0.2, -0.15) is 0 Å². The van der Waals surface area contributed by atoms with Crippen LogP contribution in [0.25, 0.3) is 0 Å². The van der Waals surface area contributed by atoms with Crippen molar-refractivity contribution in [3.63, 3.8) is 0 Å². The number of rotatable bonds is 5. The van der Waals surface area contributed by atoms with Gasteiger partial charge in [-0.25, -0.2) is 4.79 Å². The van der Waals surface area contributed by atoms with Gasteiger partial charge in [-0.3, -0.25) is 4.79 Å². The van der Waals surface area contributed by atoms with E-state index in [2.05, 4.69) is 5.32 Å². The summed E-state index contributed by atoms with van der Waals surface area (Å²) in [5.41, 5.74) is 0.722. The number of nitrogens with one attached hydrogen (secondary N) is 1. The van der Waals surface area contributed by atoms with Gasteiger partial charge in [-0.05, 0) is 36.1 Å². The normalized spacial score (nSPS) is 11.8. The number of amides is 1. The third-order valence-corrected chi connectivity index (χ3v) is 4.42. The van der Waals surface area contributed by atoms with Crippen LogP contribution in [-0.4, -0.2) is 17.9 Å². The Morgan fingerprint density at radius 3 is 2.68 bits per heavy atom. The van der Waals surface area contributed by atoms with Crippen LogP contribution in [0.2, 0.25) is 10.0 Å². The summed E-state index contributed by atoms with van der Waals surface area (Å²) < 4.78 is 5.15. The lowest BCUT2D eigenvalue weighted by Gasteiger charge is -2.13. The highest BCUT2D eigenvalue weighted by Gasteiger charge is 2.18. The highest BCUT2D eigenvalue weighted by molar-refractivity contribution is 7.12. The van der Waals surface area contributed by atoms with Gasteiger partial charge in [0, 0.05) is 0 Å². The summed E-state index contributed by atoms with van der Waals surface area (Å²) in [4.78, 5) is 24.3. The Balaban J connectivity index is 1.86. The Kier molecular flexibility index (Phi) is 5.83. The summed E-state index contributed by atoms with van der Waals surface area (Å²) >= 11 is 13.0. The zero-order valence-electron chi connectivity index (χ0n) is 11.6. The molecule has 22 heavy (non-hydrogen) atoms. The second-order valence-corrected chi connectivity index (χ2v) is 6.29. The van der Waals surface area contributed by atoms with Crippen LogP contribution >= 0.6 is 34.5 Å². The Hall–Kier alpha value is -1.56. The van der Waals surface area contributed by atoms with E-state index in [4.69, 9.17) is 27.9 Å². The molecule has 7 heteroatoms.